The van der Waals surface area contributed by atoms with Crippen LogP contribution in [-0.2, 0) is 78.3 Å². The van der Waals surface area contributed by atoms with Gasteiger partial charge in [0.2, 0.25) is 82.7 Å². The number of hydrogen-bond donors (Lipinski definition) is 18. The molecule has 0 saturated heterocycles. The molecule has 504 valence electrons. The first-order chi connectivity index (χ1) is 42.4. The number of carboxylic acid groups (broad SMARTS) is 1. The molecule has 11 atom stereocenters. The maximum atomic E-state index is 13.9. The van der Waals surface area contributed by atoms with E-state index < -0.39 is 200 Å². The highest BCUT2D eigenvalue weighted by molar-refractivity contribution is 5.99. The molecule has 1 aromatic carbocycles. The summed E-state index contributed by atoms with van der Waals surface area (Å²) in [6, 6.07) is -5.15. The van der Waals surface area contributed by atoms with Crippen molar-refractivity contribution in [2.45, 2.75) is 173 Å². The van der Waals surface area contributed by atoms with Crippen LogP contribution >= 0.6 is 0 Å². The number of unbranched alkanes of at least 4 members (excludes halogenated alkanes) is 1. The van der Waals surface area contributed by atoms with Crippen molar-refractivity contribution in [3.05, 3.63) is 35.9 Å². The number of aliphatic hydroxyl groups excluding tert-OH is 2. The number of carbonyl (C=O) groups excluding carboxylic acids is 14. The molecule has 0 aliphatic carbocycles. The van der Waals surface area contributed by atoms with Gasteiger partial charge in [0.1, 0.15) is 54.4 Å². The van der Waals surface area contributed by atoms with Crippen LogP contribution in [0, 0.1) is 17.8 Å². The largest absolute Gasteiger partial charge is 0.481 e. The van der Waals surface area contributed by atoms with Gasteiger partial charge in [0.25, 0.3) is 0 Å². The zero-order valence-electron chi connectivity index (χ0n) is 52.0. The van der Waals surface area contributed by atoms with Gasteiger partial charge >= 0.3 is 5.97 Å². The smallest absolute Gasteiger partial charge is 0.303 e. The van der Waals surface area contributed by atoms with Gasteiger partial charge in [-0.2, -0.15) is 0 Å². The molecule has 14 amide bonds. The van der Waals surface area contributed by atoms with Gasteiger partial charge in [-0.15, -0.1) is 0 Å². The molecule has 1 aromatic rings. The third-order valence-electron chi connectivity index (χ3n) is 13.8. The number of aliphatic carboxylic acids is 1. The Hall–Kier alpha value is -8.85. The molecule has 1 rings (SSSR count). The van der Waals surface area contributed by atoms with E-state index in [0.717, 1.165) is 0 Å². The number of carbonyl (C=O) groups is 15. The summed E-state index contributed by atoms with van der Waals surface area (Å²) in [5.41, 5.74) is 16.8. The molecular weight excluding hydrogens is 1180 g/mol. The zero-order valence-corrected chi connectivity index (χ0v) is 52.0. The second-order valence-electron chi connectivity index (χ2n) is 22.0. The molecular formula is C57H93N15O18. The van der Waals surface area contributed by atoms with Crippen LogP contribution in [0.2, 0.25) is 0 Å². The van der Waals surface area contributed by atoms with E-state index in [1.807, 2.05) is 13.8 Å². The van der Waals surface area contributed by atoms with Crippen LogP contribution in [0.15, 0.2) is 30.3 Å². The molecule has 0 aliphatic heterocycles. The van der Waals surface area contributed by atoms with Gasteiger partial charge in [-0.1, -0.05) is 71.4 Å². The van der Waals surface area contributed by atoms with Crippen molar-refractivity contribution in [1.82, 2.24) is 63.8 Å². The van der Waals surface area contributed by atoms with Crippen molar-refractivity contribution in [1.29, 1.82) is 0 Å². The first kappa shape index (κ1) is 79.2. The second kappa shape index (κ2) is 42.1. The number of hydrogen-bond acceptors (Lipinski definition) is 18. The van der Waals surface area contributed by atoms with Gasteiger partial charge in [-0.3, -0.25) is 71.9 Å². The Labute approximate surface area is 521 Å². The SMILES string of the molecule is CCNC(=O)[C@H](CCC(N)=O)NC(=O)[C@H](Cc1ccccc1)NC(=O)[C@H](C)NC(=O)CNC(=O)[C@H](CC(N)=O)NC(=O)[C@H](CCC(=O)O)NC(=O)[C@@H](NC(=O)CNC(=O)[C@H](CO)NC(=O)[C@H](CO)NC(=O)[C@H](CCCCN)NC(=O)[C@@H](C)CC(C)C)[C@@H](C)CC. The minimum atomic E-state index is -1.85. The summed E-state index contributed by atoms with van der Waals surface area (Å²) in [5, 5.41) is 58.1. The van der Waals surface area contributed by atoms with Crippen LogP contribution in [0.5, 0.6) is 0 Å². The summed E-state index contributed by atoms with van der Waals surface area (Å²) >= 11 is 0. The minimum absolute atomic E-state index is 0.0851. The summed E-state index contributed by atoms with van der Waals surface area (Å²) < 4.78 is 0. The molecule has 0 unspecified atom stereocenters. The quantitative estimate of drug-likeness (QED) is 0.0270. The number of nitrogens with two attached hydrogens (primary N) is 3. The van der Waals surface area contributed by atoms with Crippen LogP contribution in [0.1, 0.15) is 118 Å². The first-order valence-electron chi connectivity index (χ1n) is 29.7. The predicted molar refractivity (Wildman–Crippen MR) is 322 cm³/mol. The van der Waals surface area contributed by atoms with Crippen molar-refractivity contribution in [2.24, 2.45) is 35.0 Å². The molecule has 0 spiro atoms. The van der Waals surface area contributed by atoms with Gasteiger partial charge in [-0.05, 0) is 76.3 Å². The number of benzene rings is 1. The number of primary amides is 2. The fourth-order valence-electron chi connectivity index (χ4n) is 8.65. The summed E-state index contributed by atoms with van der Waals surface area (Å²) in [4.78, 5) is 196. The number of likely N-dealkylation sites (N-methyl/N-ethyl adjacent to an activating group) is 1. The van der Waals surface area contributed by atoms with E-state index in [0.29, 0.717) is 31.4 Å². The maximum Gasteiger partial charge on any atom is 0.303 e. The van der Waals surface area contributed by atoms with Crippen LogP contribution < -0.4 is 81.0 Å². The molecule has 0 radical (unpaired) electrons. The number of rotatable bonds is 44. The van der Waals surface area contributed by atoms with E-state index >= 15 is 0 Å². The molecule has 33 heteroatoms. The van der Waals surface area contributed by atoms with E-state index in [9.17, 15) is 87.2 Å². The predicted octanol–water partition coefficient (Wildman–Crippen LogP) is -6.17. The molecule has 0 fully saturated rings. The van der Waals surface area contributed by atoms with Crippen molar-refractivity contribution in [3.8, 4) is 0 Å². The van der Waals surface area contributed by atoms with Crippen molar-refractivity contribution in [3.63, 3.8) is 0 Å². The van der Waals surface area contributed by atoms with Gasteiger partial charge < -0.3 is 96.3 Å². The fourth-order valence-corrected chi connectivity index (χ4v) is 8.65. The lowest BCUT2D eigenvalue weighted by Crippen LogP contribution is -2.60. The van der Waals surface area contributed by atoms with Gasteiger partial charge in [0.05, 0.1) is 32.7 Å². The third kappa shape index (κ3) is 30.9. The summed E-state index contributed by atoms with van der Waals surface area (Å²) in [6.45, 7) is 8.33. The molecule has 21 N–H and O–H groups in total. The molecule has 0 aliphatic rings. The van der Waals surface area contributed by atoms with Crippen LogP contribution in [0.4, 0.5) is 0 Å². The summed E-state index contributed by atoms with van der Waals surface area (Å²) in [5.74, 6) is -15.5. The highest BCUT2D eigenvalue weighted by Crippen LogP contribution is 2.14. The molecule has 0 saturated carbocycles. The van der Waals surface area contributed by atoms with Crippen molar-refractivity contribution >= 4 is 88.7 Å². The standard InChI is InChI=1S/C57H93N15O18/c1-8-31(5)47(72-45(78)27-63-52(85)40(28-73)70-56(89)41(29-74)71-53(86)35(17-13-14-22-58)65-48(81)32(6)23-30(3)4)57(90)67-37(19-21-46(79)80)54(87)69-39(25-43(60)76)51(84)62-26-44(77)64-33(7)49(82)68-38(24-34-15-11-10-12-16-34)55(88)66-36(18-20-42(59)75)50(83)61-9-2/h10-12,15-16,30-33,35-41,47,73-74H,8-9,13-14,17-29,58H2,1-7H3,(H2,59,75)(H2,60,76)(H,61,83)(H,62,84)(H,63,85)(H,64,77)(H,65,81)(H,66,88)(H,67,90)(H,68,82)(H,69,87)(H,70,89)(H,71,86)(H,72,78)(H,79,80)/t31-,32-,33-,35-,36-,37-,38-,39-,40-,41-,47-/m0/s1. The Morgan fingerprint density at radius 1 is 0.478 bits per heavy atom. The highest BCUT2D eigenvalue weighted by Gasteiger charge is 2.35. The van der Waals surface area contributed by atoms with Gasteiger partial charge in [0, 0.05) is 31.7 Å². The third-order valence-corrected chi connectivity index (χ3v) is 13.8. The summed E-state index contributed by atoms with van der Waals surface area (Å²) in [7, 11) is 0. The van der Waals surface area contributed by atoms with Crippen LogP contribution in [0.25, 0.3) is 0 Å². The van der Waals surface area contributed by atoms with Crippen molar-refractivity contribution in [2.75, 3.05) is 39.4 Å². The minimum Gasteiger partial charge on any atom is -0.481 e. The average Bonchev–Trinajstić information content (AvgIpc) is 3.70. The lowest BCUT2D eigenvalue weighted by molar-refractivity contribution is -0.139. The second-order valence-corrected chi connectivity index (χ2v) is 22.0. The fraction of sp³-hybridized carbons (Fsp3) is 0.632. The monoisotopic (exact) mass is 1280 g/mol. The van der Waals surface area contributed by atoms with E-state index in [-0.39, 0.29) is 44.6 Å². The first-order valence-corrected chi connectivity index (χ1v) is 29.7. The van der Waals surface area contributed by atoms with Crippen LogP contribution in [0.3, 0.4) is 0 Å². The molecule has 0 bridgehead atoms. The Morgan fingerprint density at radius 3 is 1.46 bits per heavy atom. The average molecular weight is 1280 g/mol. The number of nitrogens with one attached hydrogen (secondary N) is 12. The highest BCUT2D eigenvalue weighted by atomic mass is 16.4. The lowest BCUT2D eigenvalue weighted by atomic mass is 9.97. The summed E-state index contributed by atoms with van der Waals surface area (Å²) in [6.07, 6.45) is -0.901. The Morgan fingerprint density at radius 2 is 0.933 bits per heavy atom. The number of amides is 14. The van der Waals surface area contributed by atoms with E-state index in [1.165, 1.54) is 13.8 Å². The zero-order chi connectivity index (χ0) is 68.2. The molecule has 33 nitrogen and oxygen atoms in total. The van der Waals surface area contributed by atoms with E-state index in [4.69, 9.17) is 17.2 Å². The Balaban J connectivity index is 3.16. The Bertz CT molecular complexity index is 2610. The number of carboxylic acids is 1. The van der Waals surface area contributed by atoms with E-state index in [1.54, 1.807) is 51.1 Å². The van der Waals surface area contributed by atoms with E-state index in [2.05, 4.69) is 63.8 Å². The molecule has 0 heterocycles. The molecule has 0 aromatic heterocycles. The van der Waals surface area contributed by atoms with Crippen molar-refractivity contribution < 1.29 is 87.2 Å². The van der Waals surface area contributed by atoms with Gasteiger partial charge in [0.15, 0.2) is 0 Å². The normalized spacial score (nSPS) is 14.6. The lowest BCUT2D eigenvalue weighted by Gasteiger charge is -2.27. The van der Waals surface area contributed by atoms with Gasteiger partial charge in [-0.25, -0.2) is 0 Å². The molecule has 90 heavy (non-hydrogen) atoms. The Kier molecular flexibility index (Phi) is 37.1. The van der Waals surface area contributed by atoms with Crippen LogP contribution in [-0.4, -0.2) is 198 Å². The number of aliphatic hydroxyl groups is 2. The maximum absolute atomic E-state index is 13.9. The topological polar surface area (TPSA) is 539 Å².